The number of hydrogen-bond donors (Lipinski definition) is 1. The number of hydrogen-bond acceptors (Lipinski definition) is 5. The maximum atomic E-state index is 13.2. The van der Waals surface area contributed by atoms with Gasteiger partial charge in [0.2, 0.25) is 5.91 Å². The number of phenolic OH excluding ortho intramolecular Hbond substituents is 1. The molecule has 0 aromatic heterocycles. The molecule has 0 saturated carbocycles. The first-order chi connectivity index (χ1) is 14.3. The van der Waals surface area contributed by atoms with Gasteiger partial charge in [0.05, 0.1) is 18.3 Å². The van der Waals surface area contributed by atoms with Crippen LogP contribution >= 0.6 is 27.7 Å². The van der Waals surface area contributed by atoms with Crippen LogP contribution in [0.15, 0.2) is 12.1 Å². The number of carbonyl (C=O) groups excluding carboxylic acids is 2. The summed E-state index contributed by atoms with van der Waals surface area (Å²) in [5.74, 6) is -0.0363. The molecule has 7 heteroatoms. The first-order valence-electron chi connectivity index (χ1n) is 10.9. The number of rotatable bonds is 7. The fourth-order valence-electron chi connectivity index (χ4n) is 3.75. The molecule has 1 amide bonds. The SMILES string of the molecule is CCOC(=O)CC1SC(c2cc(C(C)(C)C)c(O)c(C(C)(C)C)c2)N(CCCBr)C1=O. The Morgan fingerprint density at radius 1 is 1.16 bits per heavy atom. The number of halogens is 1. The summed E-state index contributed by atoms with van der Waals surface area (Å²) in [7, 11) is 0. The Bertz CT molecular complexity index is 778. The van der Waals surface area contributed by atoms with E-state index in [1.807, 2.05) is 17.0 Å². The predicted molar refractivity (Wildman–Crippen MR) is 131 cm³/mol. The maximum absolute atomic E-state index is 13.2. The maximum Gasteiger partial charge on any atom is 0.307 e. The lowest BCUT2D eigenvalue weighted by atomic mass is 9.78. The van der Waals surface area contributed by atoms with Gasteiger partial charge in [-0.05, 0) is 53.0 Å². The van der Waals surface area contributed by atoms with Gasteiger partial charge in [-0.1, -0.05) is 57.5 Å². The molecule has 31 heavy (non-hydrogen) atoms. The fraction of sp³-hybridized carbons (Fsp3) is 0.667. The van der Waals surface area contributed by atoms with Crippen LogP contribution in [0.3, 0.4) is 0 Å². The van der Waals surface area contributed by atoms with Crippen molar-refractivity contribution in [1.82, 2.24) is 4.90 Å². The van der Waals surface area contributed by atoms with Gasteiger partial charge in [-0.2, -0.15) is 0 Å². The van der Waals surface area contributed by atoms with E-state index in [0.29, 0.717) is 18.9 Å². The molecule has 174 valence electrons. The first-order valence-corrected chi connectivity index (χ1v) is 12.9. The number of nitrogens with zero attached hydrogens (tertiary/aromatic N) is 1. The molecular weight excluding hydrogens is 478 g/mol. The third-order valence-corrected chi connectivity index (χ3v) is 7.40. The van der Waals surface area contributed by atoms with Gasteiger partial charge in [0.25, 0.3) is 0 Å². The second-order valence-electron chi connectivity index (χ2n) is 10.0. The minimum Gasteiger partial charge on any atom is -0.507 e. The lowest BCUT2D eigenvalue weighted by molar-refractivity contribution is -0.145. The van der Waals surface area contributed by atoms with Crippen molar-refractivity contribution in [3.8, 4) is 5.75 Å². The molecule has 1 heterocycles. The van der Waals surface area contributed by atoms with Gasteiger partial charge in [-0.25, -0.2) is 0 Å². The number of esters is 1. The standard InChI is InChI=1S/C24H36BrNO4S/c1-8-30-19(27)14-18-21(29)26(11-9-10-25)22(31-18)15-12-16(23(2,3)4)20(28)17(13-15)24(5,6)7/h12-13,18,22,28H,8-11,14H2,1-7H3. The van der Waals surface area contributed by atoms with Gasteiger partial charge in [-0.3, -0.25) is 9.59 Å². The Morgan fingerprint density at radius 3 is 2.16 bits per heavy atom. The van der Waals surface area contributed by atoms with E-state index in [4.69, 9.17) is 4.74 Å². The summed E-state index contributed by atoms with van der Waals surface area (Å²) in [5, 5.41) is 11.2. The molecule has 1 aliphatic heterocycles. The van der Waals surface area contributed by atoms with Gasteiger partial charge < -0.3 is 14.7 Å². The molecule has 1 saturated heterocycles. The van der Waals surface area contributed by atoms with Gasteiger partial charge in [0.1, 0.15) is 11.1 Å². The zero-order valence-corrected chi connectivity index (χ0v) is 22.2. The van der Waals surface area contributed by atoms with E-state index in [-0.39, 0.29) is 34.5 Å². The number of thioether (sulfide) groups is 1. The molecule has 1 fully saturated rings. The average Bonchev–Trinajstić information content (AvgIpc) is 2.94. The lowest BCUT2D eigenvalue weighted by Crippen LogP contribution is -2.33. The smallest absolute Gasteiger partial charge is 0.307 e. The Morgan fingerprint density at radius 2 is 1.71 bits per heavy atom. The Balaban J connectivity index is 2.54. The molecule has 1 aromatic rings. The van der Waals surface area contributed by atoms with E-state index < -0.39 is 5.25 Å². The molecule has 1 N–H and O–H groups in total. The summed E-state index contributed by atoms with van der Waals surface area (Å²) in [6.45, 7) is 15.2. The quantitative estimate of drug-likeness (QED) is 0.375. The van der Waals surface area contributed by atoms with Crippen LogP contribution in [0.4, 0.5) is 0 Å². The summed E-state index contributed by atoms with van der Waals surface area (Å²) in [6, 6.07) is 4.06. The summed E-state index contributed by atoms with van der Waals surface area (Å²) in [6.07, 6.45) is 0.903. The second kappa shape index (κ2) is 10.2. The zero-order valence-electron chi connectivity index (χ0n) is 19.8. The molecule has 5 nitrogen and oxygen atoms in total. The summed E-state index contributed by atoms with van der Waals surface area (Å²) >= 11 is 4.97. The number of alkyl halides is 1. The number of benzene rings is 1. The Kier molecular flexibility index (Phi) is 8.53. The zero-order chi connectivity index (χ0) is 23.6. The van der Waals surface area contributed by atoms with E-state index in [1.165, 1.54) is 11.8 Å². The Labute approximate surface area is 199 Å². The van der Waals surface area contributed by atoms with E-state index in [2.05, 4.69) is 57.5 Å². The molecular formula is C24H36BrNO4S. The third kappa shape index (κ3) is 6.19. The lowest BCUT2D eigenvalue weighted by Gasteiger charge is -2.31. The number of carbonyl (C=O) groups is 2. The van der Waals surface area contributed by atoms with Crippen molar-refractivity contribution < 1.29 is 19.4 Å². The number of amides is 1. The van der Waals surface area contributed by atoms with E-state index >= 15 is 0 Å². The van der Waals surface area contributed by atoms with Crippen LogP contribution in [-0.4, -0.2) is 45.6 Å². The fourth-order valence-corrected chi connectivity index (χ4v) is 5.45. The van der Waals surface area contributed by atoms with Crippen LogP contribution in [0, 0.1) is 0 Å². The van der Waals surface area contributed by atoms with Crippen molar-refractivity contribution in [2.45, 2.75) is 82.8 Å². The highest BCUT2D eigenvalue weighted by Gasteiger charge is 2.42. The number of ether oxygens (including phenoxy) is 1. The van der Waals surface area contributed by atoms with Crippen LogP contribution in [0.5, 0.6) is 5.75 Å². The highest BCUT2D eigenvalue weighted by atomic mass is 79.9. The minimum absolute atomic E-state index is 0.0216. The van der Waals surface area contributed by atoms with Crippen LogP contribution in [0.1, 0.15) is 83.4 Å². The first kappa shape index (κ1) is 26.0. The molecule has 0 aliphatic carbocycles. The van der Waals surface area contributed by atoms with Gasteiger partial charge in [0.15, 0.2) is 0 Å². The normalized spacial score (nSPS) is 19.7. The predicted octanol–water partition coefficient (Wildman–Crippen LogP) is 5.67. The van der Waals surface area contributed by atoms with Crippen molar-refractivity contribution in [2.75, 3.05) is 18.5 Å². The minimum atomic E-state index is -0.454. The largest absolute Gasteiger partial charge is 0.507 e. The molecule has 2 rings (SSSR count). The monoisotopic (exact) mass is 513 g/mol. The highest BCUT2D eigenvalue weighted by molar-refractivity contribution is 9.09. The van der Waals surface area contributed by atoms with Crippen molar-refractivity contribution in [1.29, 1.82) is 0 Å². The molecule has 0 radical (unpaired) electrons. The molecule has 0 bridgehead atoms. The van der Waals surface area contributed by atoms with Gasteiger partial charge in [0, 0.05) is 11.9 Å². The van der Waals surface area contributed by atoms with Crippen molar-refractivity contribution in [3.05, 3.63) is 28.8 Å². The highest BCUT2D eigenvalue weighted by Crippen LogP contribution is 2.48. The summed E-state index contributed by atoms with van der Waals surface area (Å²) in [4.78, 5) is 27.2. The third-order valence-electron chi connectivity index (χ3n) is 5.36. The van der Waals surface area contributed by atoms with Crippen molar-refractivity contribution in [3.63, 3.8) is 0 Å². The molecule has 0 spiro atoms. The second-order valence-corrected chi connectivity index (χ2v) is 12.1. The van der Waals surface area contributed by atoms with Gasteiger partial charge in [-0.15, -0.1) is 11.8 Å². The van der Waals surface area contributed by atoms with E-state index in [1.54, 1.807) is 6.92 Å². The van der Waals surface area contributed by atoms with Crippen LogP contribution in [-0.2, 0) is 25.2 Å². The molecule has 1 aliphatic rings. The summed E-state index contributed by atoms with van der Waals surface area (Å²) in [5.41, 5.74) is 2.23. The average molecular weight is 515 g/mol. The van der Waals surface area contributed by atoms with Crippen LogP contribution in [0.25, 0.3) is 0 Å². The van der Waals surface area contributed by atoms with Crippen molar-refractivity contribution >= 4 is 39.6 Å². The van der Waals surface area contributed by atoms with Gasteiger partial charge >= 0.3 is 5.97 Å². The topological polar surface area (TPSA) is 66.8 Å². The van der Waals surface area contributed by atoms with Crippen LogP contribution in [0.2, 0.25) is 0 Å². The molecule has 2 atom stereocenters. The van der Waals surface area contributed by atoms with E-state index in [9.17, 15) is 14.7 Å². The number of phenols is 1. The van der Waals surface area contributed by atoms with Crippen LogP contribution < -0.4 is 0 Å². The van der Waals surface area contributed by atoms with Crippen molar-refractivity contribution in [2.24, 2.45) is 0 Å². The molecule has 1 aromatic carbocycles. The summed E-state index contributed by atoms with van der Waals surface area (Å²) < 4.78 is 5.09. The van der Waals surface area contributed by atoms with E-state index in [0.717, 1.165) is 28.4 Å². The number of aromatic hydroxyl groups is 1. The Hall–Kier alpha value is -1.21. The molecule has 2 unspecified atom stereocenters.